The van der Waals surface area contributed by atoms with E-state index in [1.165, 1.54) is 121 Å². The fraction of sp³-hybridized carbons (Fsp3) is 0.217. The van der Waals surface area contributed by atoms with E-state index in [1.54, 1.807) is 0 Å². The summed E-state index contributed by atoms with van der Waals surface area (Å²) >= 11 is 0. The van der Waals surface area contributed by atoms with Crippen LogP contribution in [-0.2, 0) is 0 Å². The lowest BCUT2D eigenvalue weighted by Gasteiger charge is -2.19. The molecule has 242 valence electrons. The number of hydrogen-bond donors (Lipinski definition) is 0. The summed E-state index contributed by atoms with van der Waals surface area (Å²) in [5, 5.41) is 7.64. The summed E-state index contributed by atoms with van der Waals surface area (Å²) < 4.78 is 12.0. The van der Waals surface area contributed by atoms with Gasteiger partial charge in [-0.25, -0.2) is 0 Å². The predicted molar refractivity (Wildman–Crippen MR) is 210 cm³/mol. The number of benzene rings is 6. The van der Waals surface area contributed by atoms with Crippen LogP contribution >= 0.6 is 0 Å². The Morgan fingerprint density at radius 2 is 0.633 bits per heavy atom. The average Bonchev–Trinajstić information content (AvgIpc) is 3.72. The summed E-state index contributed by atoms with van der Waals surface area (Å²) in [6.07, 6.45) is 0. The maximum atomic E-state index is 6.98. The molecule has 0 aliphatic carbocycles. The summed E-state index contributed by atoms with van der Waals surface area (Å²) in [4.78, 5) is 0. The minimum atomic E-state index is 0.998. The van der Waals surface area contributed by atoms with Gasteiger partial charge in [-0.2, -0.15) is 0 Å². The highest BCUT2D eigenvalue weighted by molar-refractivity contribution is 6.16. The predicted octanol–water partition coefficient (Wildman–Crippen LogP) is 12.9. The lowest BCUT2D eigenvalue weighted by atomic mass is 9.92. The Bertz CT molecular complexity index is 2600. The van der Waals surface area contributed by atoms with Gasteiger partial charge in [0, 0.05) is 32.3 Å². The molecule has 0 radical (unpaired) electrons. The van der Waals surface area contributed by atoms with E-state index in [0.717, 1.165) is 11.2 Å². The number of rotatable bonds is 2. The van der Waals surface area contributed by atoms with Crippen LogP contribution in [0.5, 0.6) is 0 Å². The zero-order valence-corrected chi connectivity index (χ0v) is 30.2. The third-order valence-electron chi connectivity index (χ3n) is 11.5. The molecule has 0 bridgehead atoms. The van der Waals surface area contributed by atoms with Gasteiger partial charge >= 0.3 is 0 Å². The molecule has 0 aliphatic rings. The van der Waals surface area contributed by atoms with Crippen molar-refractivity contribution in [3.8, 4) is 11.4 Å². The van der Waals surface area contributed by atoms with E-state index in [0.29, 0.717) is 0 Å². The molecule has 3 heterocycles. The van der Waals surface area contributed by atoms with Gasteiger partial charge in [0.05, 0.1) is 33.4 Å². The summed E-state index contributed by atoms with van der Waals surface area (Å²) in [5.74, 6) is 0. The van der Waals surface area contributed by atoms with Crippen molar-refractivity contribution in [1.82, 2.24) is 9.13 Å². The first-order valence-corrected chi connectivity index (χ1v) is 17.5. The third kappa shape index (κ3) is 3.90. The Kier molecular flexibility index (Phi) is 6.16. The monoisotopic (exact) mass is 638 g/mol. The fourth-order valence-corrected chi connectivity index (χ4v) is 8.82. The summed E-state index contributed by atoms with van der Waals surface area (Å²) in [5.41, 5.74) is 22.0. The van der Waals surface area contributed by atoms with Crippen LogP contribution in [0, 0.1) is 69.2 Å². The van der Waals surface area contributed by atoms with Gasteiger partial charge in [0.1, 0.15) is 11.2 Å². The highest BCUT2D eigenvalue weighted by Gasteiger charge is 2.27. The Labute approximate surface area is 287 Å². The largest absolute Gasteiger partial charge is 0.455 e. The molecule has 0 fully saturated rings. The van der Waals surface area contributed by atoms with Crippen LogP contribution in [0.15, 0.2) is 77.2 Å². The molecule has 6 aromatic carbocycles. The number of furan rings is 1. The van der Waals surface area contributed by atoms with Crippen LogP contribution in [0.4, 0.5) is 0 Å². The smallest absolute Gasteiger partial charge is 0.139 e. The topological polar surface area (TPSA) is 23.0 Å². The molecular formula is C46H42N2O. The van der Waals surface area contributed by atoms with E-state index >= 15 is 0 Å². The van der Waals surface area contributed by atoms with E-state index in [-0.39, 0.29) is 0 Å². The highest BCUT2D eigenvalue weighted by atomic mass is 16.3. The van der Waals surface area contributed by atoms with Crippen molar-refractivity contribution < 1.29 is 4.42 Å². The maximum Gasteiger partial charge on any atom is 0.139 e. The molecular weight excluding hydrogens is 597 g/mol. The first-order valence-electron chi connectivity index (χ1n) is 17.5. The lowest BCUT2D eigenvalue weighted by molar-refractivity contribution is 0.661. The molecule has 9 aromatic rings. The van der Waals surface area contributed by atoms with Crippen molar-refractivity contribution in [3.63, 3.8) is 0 Å². The molecule has 0 saturated carbocycles. The van der Waals surface area contributed by atoms with Gasteiger partial charge in [-0.3, -0.25) is 0 Å². The molecule has 0 unspecified atom stereocenters. The summed E-state index contributed by atoms with van der Waals surface area (Å²) in [6.45, 7) is 22.4. The Balaban J connectivity index is 1.45. The van der Waals surface area contributed by atoms with Crippen LogP contribution in [0.3, 0.4) is 0 Å². The molecule has 0 saturated heterocycles. The molecule has 0 aliphatic heterocycles. The number of hydrogen-bond acceptors (Lipinski definition) is 1. The third-order valence-corrected chi connectivity index (χ3v) is 11.5. The van der Waals surface area contributed by atoms with Gasteiger partial charge in [-0.1, -0.05) is 46.5 Å². The molecule has 49 heavy (non-hydrogen) atoms. The van der Waals surface area contributed by atoms with Crippen molar-refractivity contribution in [2.45, 2.75) is 69.2 Å². The number of aryl methyl sites for hydroxylation is 8. The van der Waals surface area contributed by atoms with E-state index in [2.05, 4.69) is 151 Å². The minimum absolute atomic E-state index is 0.998. The highest BCUT2D eigenvalue weighted by Crippen LogP contribution is 2.47. The number of fused-ring (bicyclic) bond motifs is 9. The second-order valence-electron chi connectivity index (χ2n) is 14.7. The van der Waals surface area contributed by atoms with Gasteiger partial charge in [-0.05, 0) is 151 Å². The van der Waals surface area contributed by atoms with Gasteiger partial charge in [0.15, 0.2) is 0 Å². The first-order chi connectivity index (χ1) is 23.5. The lowest BCUT2D eigenvalue weighted by Crippen LogP contribution is -2.04. The Morgan fingerprint density at radius 3 is 0.918 bits per heavy atom. The van der Waals surface area contributed by atoms with Gasteiger partial charge in [0.25, 0.3) is 0 Å². The van der Waals surface area contributed by atoms with Gasteiger partial charge < -0.3 is 13.6 Å². The van der Waals surface area contributed by atoms with E-state index in [9.17, 15) is 0 Å². The minimum Gasteiger partial charge on any atom is -0.455 e. The molecule has 0 spiro atoms. The molecule has 3 nitrogen and oxygen atoms in total. The van der Waals surface area contributed by atoms with E-state index in [1.807, 2.05) is 0 Å². The SMILES string of the molecule is Cc1ccc2c(c1)c1cc(C)ccc1n2-c1c(C)c(C)c2oc3c(C)c(C)c(-n4c5ccc(C)cc5c5cc(C)ccc54)c(C)c3c2c1C. The second-order valence-corrected chi connectivity index (χ2v) is 14.7. The van der Waals surface area contributed by atoms with Crippen molar-refractivity contribution in [3.05, 3.63) is 128 Å². The quantitative estimate of drug-likeness (QED) is 0.185. The normalized spacial score (nSPS) is 12.3. The molecule has 3 aromatic heterocycles. The zero-order chi connectivity index (χ0) is 34.2. The van der Waals surface area contributed by atoms with Crippen molar-refractivity contribution in [1.29, 1.82) is 0 Å². The zero-order valence-electron chi connectivity index (χ0n) is 30.2. The Hall–Kier alpha value is -5.28. The van der Waals surface area contributed by atoms with Crippen LogP contribution in [0.2, 0.25) is 0 Å². The Morgan fingerprint density at radius 1 is 0.347 bits per heavy atom. The fourth-order valence-electron chi connectivity index (χ4n) is 8.82. The van der Waals surface area contributed by atoms with Crippen LogP contribution in [0.25, 0.3) is 76.9 Å². The van der Waals surface area contributed by atoms with Crippen molar-refractivity contribution >= 4 is 65.6 Å². The van der Waals surface area contributed by atoms with Gasteiger partial charge in [0.2, 0.25) is 0 Å². The van der Waals surface area contributed by atoms with Crippen molar-refractivity contribution in [2.24, 2.45) is 0 Å². The molecule has 0 amide bonds. The van der Waals surface area contributed by atoms with Crippen LogP contribution < -0.4 is 0 Å². The molecule has 3 heteroatoms. The van der Waals surface area contributed by atoms with Crippen LogP contribution in [0.1, 0.15) is 55.6 Å². The summed E-state index contributed by atoms with van der Waals surface area (Å²) in [7, 11) is 0. The van der Waals surface area contributed by atoms with Crippen LogP contribution in [-0.4, -0.2) is 9.13 Å². The maximum absolute atomic E-state index is 6.98. The van der Waals surface area contributed by atoms with Crippen molar-refractivity contribution in [2.75, 3.05) is 0 Å². The second kappa shape index (κ2) is 10.1. The number of aromatic nitrogens is 2. The standard InChI is InChI=1S/C46H42N2O/c1-23-11-15-37-33(19-23)34-20-24(2)12-16-38(34)47(37)43-27(5)29(7)45-41(31(43)9)42-32(10)44(28(6)30(8)46(42)49-45)48-39-17-13-25(3)21-35(39)36-22-26(4)14-18-40(36)48/h11-22H,1-10H3. The first kappa shape index (κ1) is 29.8. The van der Waals surface area contributed by atoms with Gasteiger partial charge in [-0.15, -0.1) is 0 Å². The average molecular weight is 639 g/mol. The summed E-state index contributed by atoms with van der Waals surface area (Å²) in [6, 6.07) is 27.5. The van der Waals surface area contributed by atoms with E-state index < -0.39 is 0 Å². The molecule has 9 rings (SSSR count). The number of nitrogens with zero attached hydrogens (tertiary/aromatic N) is 2. The van der Waals surface area contributed by atoms with E-state index in [4.69, 9.17) is 4.42 Å². The molecule has 0 N–H and O–H groups in total. The molecule has 0 atom stereocenters.